The summed E-state index contributed by atoms with van der Waals surface area (Å²) in [5, 5.41) is 3.36. The second-order valence-electron chi connectivity index (χ2n) is 6.81. The van der Waals surface area contributed by atoms with Gasteiger partial charge in [0.05, 0.1) is 16.6 Å². The monoisotopic (exact) mass is 504 g/mol. The molecule has 4 rings (SSSR count). The van der Waals surface area contributed by atoms with Crippen LogP contribution in [0.15, 0.2) is 63.1 Å². The zero-order chi connectivity index (χ0) is 21.4. The van der Waals surface area contributed by atoms with Gasteiger partial charge in [0.1, 0.15) is 17.2 Å². The van der Waals surface area contributed by atoms with Crippen molar-refractivity contribution < 1.29 is 14.0 Å². The van der Waals surface area contributed by atoms with E-state index in [2.05, 4.69) is 21.2 Å². The van der Waals surface area contributed by atoms with Gasteiger partial charge in [-0.1, -0.05) is 51.3 Å². The van der Waals surface area contributed by atoms with Crippen LogP contribution in [0.4, 0.5) is 4.79 Å². The molecule has 1 N–H and O–H groups in total. The van der Waals surface area contributed by atoms with Crippen LogP contribution in [-0.2, 0) is 11.3 Å². The van der Waals surface area contributed by atoms with Crippen molar-refractivity contribution in [2.24, 2.45) is 0 Å². The number of benzene rings is 2. The Morgan fingerprint density at radius 1 is 1.07 bits per heavy atom. The van der Waals surface area contributed by atoms with Gasteiger partial charge in [-0.05, 0) is 54.4 Å². The molecular weight excluding hydrogens is 491 g/mol. The van der Waals surface area contributed by atoms with E-state index in [-0.39, 0.29) is 12.2 Å². The lowest BCUT2D eigenvalue weighted by Gasteiger charge is -2.12. The molecule has 2 aromatic carbocycles. The number of urea groups is 1. The summed E-state index contributed by atoms with van der Waals surface area (Å²) >= 11 is 15.5. The van der Waals surface area contributed by atoms with E-state index in [1.807, 2.05) is 31.2 Å². The van der Waals surface area contributed by atoms with Crippen LogP contribution in [-0.4, -0.2) is 16.8 Å². The molecule has 1 saturated heterocycles. The summed E-state index contributed by atoms with van der Waals surface area (Å²) in [6.07, 6.45) is 1.51. The van der Waals surface area contributed by atoms with Gasteiger partial charge >= 0.3 is 6.03 Å². The fraction of sp³-hybridized carbons (Fsp3) is 0.0909. The van der Waals surface area contributed by atoms with Crippen LogP contribution >= 0.6 is 39.1 Å². The summed E-state index contributed by atoms with van der Waals surface area (Å²) in [6.45, 7) is 2.09. The first kappa shape index (κ1) is 20.7. The minimum Gasteiger partial charge on any atom is -0.457 e. The highest BCUT2D eigenvalue weighted by atomic mass is 79.9. The van der Waals surface area contributed by atoms with Crippen LogP contribution in [0.2, 0.25) is 10.0 Å². The van der Waals surface area contributed by atoms with E-state index in [1.165, 1.54) is 6.08 Å². The Morgan fingerprint density at radius 2 is 1.87 bits per heavy atom. The number of aryl methyl sites for hydroxylation is 1. The summed E-state index contributed by atoms with van der Waals surface area (Å²) < 4.78 is 6.77. The van der Waals surface area contributed by atoms with Crippen LogP contribution in [0, 0.1) is 6.92 Å². The molecule has 5 nitrogen and oxygen atoms in total. The van der Waals surface area contributed by atoms with Crippen molar-refractivity contribution in [3.8, 4) is 11.3 Å². The average molecular weight is 506 g/mol. The van der Waals surface area contributed by atoms with Crippen LogP contribution in [0.3, 0.4) is 0 Å². The lowest BCUT2D eigenvalue weighted by molar-refractivity contribution is -0.123. The second-order valence-corrected chi connectivity index (χ2v) is 8.48. The number of carbonyl (C=O) groups is 2. The highest BCUT2D eigenvalue weighted by Crippen LogP contribution is 2.31. The molecule has 152 valence electrons. The molecule has 1 aromatic heterocycles. The number of nitrogens with one attached hydrogen (secondary N) is 1. The van der Waals surface area contributed by atoms with Gasteiger partial charge in [0.25, 0.3) is 5.91 Å². The van der Waals surface area contributed by atoms with Gasteiger partial charge < -0.3 is 9.73 Å². The Morgan fingerprint density at radius 3 is 2.60 bits per heavy atom. The number of furan rings is 1. The molecule has 0 spiro atoms. The number of rotatable bonds is 4. The van der Waals surface area contributed by atoms with E-state index in [0.29, 0.717) is 27.1 Å². The average Bonchev–Trinajstić information content (AvgIpc) is 3.25. The Bertz CT molecular complexity index is 1200. The molecule has 1 aliphatic heterocycles. The summed E-state index contributed by atoms with van der Waals surface area (Å²) in [6, 6.07) is 14.0. The zero-order valence-electron chi connectivity index (χ0n) is 15.7. The molecular formula is C22H15BrCl2N2O3. The SMILES string of the molecule is Cc1ccc(-c2ccc(/C=C3\NC(=O)N(Cc4ccc(Cl)c(Cl)c4)C3=O)o2)c(Br)c1. The summed E-state index contributed by atoms with van der Waals surface area (Å²) in [5.41, 5.74) is 2.86. The smallest absolute Gasteiger partial charge is 0.329 e. The van der Waals surface area contributed by atoms with Gasteiger partial charge in [0, 0.05) is 16.1 Å². The van der Waals surface area contributed by atoms with E-state index in [9.17, 15) is 9.59 Å². The number of nitrogens with zero attached hydrogens (tertiary/aromatic N) is 1. The van der Waals surface area contributed by atoms with E-state index >= 15 is 0 Å². The Labute approximate surface area is 191 Å². The fourth-order valence-electron chi connectivity index (χ4n) is 3.07. The van der Waals surface area contributed by atoms with E-state index < -0.39 is 11.9 Å². The molecule has 1 aliphatic rings. The topological polar surface area (TPSA) is 62.6 Å². The summed E-state index contributed by atoms with van der Waals surface area (Å²) in [5.74, 6) is 0.663. The number of carbonyl (C=O) groups excluding carboxylic acids is 2. The van der Waals surface area contributed by atoms with Crippen LogP contribution in [0.5, 0.6) is 0 Å². The van der Waals surface area contributed by atoms with Gasteiger partial charge in [0.15, 0.2) is 0 Å². The maximum atomic E-state index is 12.7. The molecule has 8 heteroatoms. The standard InChI is InChI=1S/C22H15BrCl2N2O3/c1-12-2-5-15(16(23)8-12)20-7-4-14(30-20)10-19-21(28)27(22(29)26-19)11-13-3-6-17(24)18(25)9-13/h2-10H,11H2,1H3,(H,26,29)/b19-10-. The van der Waals surface area contributed by atoms with Gasteiger partial charge in [0.2, 0.25) is 0 Å². The molecule has 2 heterocycles. The fourth-order valence-corrected chi connectivity index (χ4v) is 4.08. The van der Waals surface area contributed by atoms with Crippen molar-refractivity contribution in [2.75, 3.05) is 0 Å². The van der Waals surface area contributed by atoms with Gasteiger partial charge in [-0.2, -0.15) is 0 Å². The van der Waals surface area contributed by atoms with Crippen molar-refractivity contribution >= 4 is 57.1 Å². The molecule has 0 bridgehead atoms. The third-order valence-corrected chi connectivity index (χ3v) is 5.99. The Kier molecular flexibility index (Phi) is 5.73. The number of amides is 3. The molecule has 0 unspecified atom stereocenters. The molecule has 1 fully saturated rings. The van der Waals surface area contributed by atoms with Crippen LogP contribution < -0.4 is 5.32 Å². The molecule has 3 aromatic rings. The lowest BCUT2D eigenvalue weighted by atomic mass is 10.1. The summed E-state index contributed by atoms with van der Waals surface area (Å²) in [4.78, 5) is 26.1. The van der Waals surface area contributed by atoms with Gasteiger partial charge in [-0.25, -0.2) is 4.79 Å². The minimum atomic E-state index is -0.509. The van der Waals surface area contributed by atoms with Gasteiger partial charge in [-0.3, -0.25) is 9.69 Å². The third-order valence-electron chi connectivity index (χ3n) is 4.59. The molecule has 0 radical (unpaired) electrons. The number of halogens is 3. The lowest BCUT2D eigenvalue weighted by Crippen LogP contribution is -2.30. The molecule has 3 amide bonds. The first-order valence-electron chi connectivity index (χ1n) is 8.96. The molecule has 0 aliphatic carbocycles. The zero-order valence-corrected chi connectivity index (χ0v) is 18.8. The molecule has 0 atom stereocenters. The van der Waals surface area contributed by atoms with Crippen molar-refractivity contribution in [3.63, 3.8) is 0 Å². The number of hydrogen-bond acceptors (Lipinski definition) is 3. The first-order chi connectivity index (χ1) is 14.3. The van der Waals surface area contributed by atoms with Crippen molar-refractivity contribution in [1.29, 1.82) is 0 Å². The molecule has 0 saturated carbocycles. The quantitative estimate of drug-likeness (QED) is 0.329. The van der Waals surface area contributed by atoms with E-state index in [4.69, 9.17) is 27.6 Å². The Balaban J connectivity index is 1.55. The maximum Gasteiger partial charge on any atom is 0.329 e. The Hall–Kier alpha value is -2.54. The number of imide groups is 1. The number of hydrogen-bond donors (Lipinski definition) is 1. The van der Waals surface area contributed by atoms with Crippen molar-refractivity contribution in [3.05, 3.63) is 85.6 Å². The summed E-state index contributed by atoms with van der Waals surface area (Å²) in [7, 11) is 0. The second kappa shape index (κ2) is 8.30. The normalized spacial score (nSPS) is 15.2. The van der Waals surface area contributed by atoms with Crippen LogP contribution in [0.1, 0.15) is 16.9 Å². The van der Waals surface area contributed by atoms with E-state index in [1.54, 1.807) is 24.3 Å². The molecule has 30 heavy (non-hydrogen) atoms. The van der Waals surface area contributed by atoms with Crippen LogP contribution in [0.25, 0.3) is 17.4 Å². The highest BCUT2D eigenvalue weighted by Gasteiger charge is 2.33. The first-order valence-corrected chi connectivity index (χ1v) is 10.5. The third kappa shape index (κ3) is 4.17. The minimum absolute atomic E-state index is 0.0820. The van der Waals surface area contributed by atoms with Gasteiger partial charge in [-0.15, -0.1) is 0 Å². The highest BCUT2D eigenvalue weighted by molar-refractivity contribution is 9.10. The predicted octanol–water partition coefficient (Wildman–Crippen LogP) is 6.42. The van der Waals surface area contributed by atoms with Crippen molar-refractivity contribution in [2.45, 2.75) is 13.5 Å². The van der Waals surface area contributed by atoms with E-state index in [0.717, 1.165) is 20.5 Å². The maximum absolute atomic E-state index is 12.7. The largest absolute Gasteiger partial charge is 0.457 e. The van der Waals surface area contributed by atoms with Crippen molar-refractivity contribution in [1.82, 2.24) is 10.2 Å². The predicted molar refractivity (Wildman–Crippen MR) is 120 cm³/mol.